The second-order valence-electron chi connectivity index (χ2n) is 2.44. The van der Waals surface area contributed by atoms with Crippen LogP contribution in [0.2, 0.25) is 0 Å². The molecule has 0 aromatic heterocycles. The molecule has 1 unspecified atom stereocenters. The van der Waals surface area contributed by atoms with E-state index in [4.69, 9.17) is 4.74 Å². The molecule has 1 atom stereocenters. The van der Waals surface area contributed by atoms with E-state index in [9.17, 15) is 4.79 Å². The van der Waals surface area contributed by atoms with Crippen LogP contribution in [0, 0.1) is 0 Å². The minimum Gasteiger partial charge on any atom is -0.463 e. The van der Waals surface area contributed by atoms with Gasteiger partial charge in [0.15, 0.2) is 0 Å². The zero-order chi connectivity index (χ0) is 7.98. The number of esters is 1. The summed E-state index contributed by atoms with van der Waals surface area (Å²) in [5, 5.41) is 0. The predicted octanol–water partition coefficient (Wildman–Crippen LogP) is 2.24. The molecule has 0 N–H and O–H groups in total. The van der Waals surface area contributed by atoms with Gasteiger partial charge in [0.05, 0.1) is 6.10 Å². The van der Waals surface area contributed by atoms with E-state index in [2.05, 4.69) is 6.92 Å². The van der Waals surface area contributed by atoms with Gasteiger partial charge in [-0.3, -0.25) is 4.79 Å². The van der Waals surface area contributed by atoms with Crippen LogP contribution in [0.1, 0.15) is 40.0 Å². The van der Waals surface area contributed by atoms with Gasteiger partial charge in [-0.15, -0.1) is 0 Å². The van der Waals surface area contributed by atoms with Crippen LogP contribution in [0.5, 0.6) is 0 Å². The van der Waals surface area contributed by atoms with Crippen LogP contribution in [0.3, 0.4) is 0 Å². The molecule has 2 nitrogen and oxygen atoms in total. The van der Waals surface area contributed by atoms with Crippen LogP contribution in [0.4, 0.5) is 0 Å². The molecule has 68 valence electrons. The van der Waals surface area contributed by atoms with E-state index in [-0.39, 0.29) is 25.6 Å². The van der Waals surface area contributed by atoms with Gasteiger partial charge in [-0.2, -0.15) is 13.5 Å². The summed E-state index contributed by atoms with van der Waals surface area (Å²) in [6.45, 7) is 5.81. The minimum absolute atomic E-state index is 0. The third-order valence-corrected chi connectivity index (χ3v) is 1.32. The quantitative estimate of drug-likeness (QED) is 0.617. The van der Waals surface area contributed by atoms with E-state index in [1.165, 1.54) is 0 Å². The molecular weight excluding hydrogens is 160 g/mol. The first-order valence-corrected chi connectivity index (χ1v) is 3.90. The number of ether oxygens (including phenoxy) is 1. The van der Waals surface area contributed by atoms with Crippen molar-refractivity contribution in [3.8, 4) is 0 Å². The Morgan fingerprint density at radius 3 is 2.36 bits per heavy atom. The molecule has 0 amide bonds. The molecule has 0 saturated carbocycles. The van der Waals surface area contributed by atoms with Gasteiger partial charge in [0.2, 0.25) is 0 Å². The first-order chi connectivity index (χ1) is 4.70. The molecular formula is C8H18O2S. The average Bonchev–Trinajstić information content (AvgIpc) is 1.88. The lowest BCUT2D eigenvalue weighted by Crippen LogP contribution is -2.13. The Kier molecular flexibility index (Phi) is 9.66. The minimum atomic E-state index is -0.0963. The third kappa shape index (κ3) is 7.72. The summed E-state index contributed by atoms with van der Waals surface area (Å²) in [7, 11) is 0. The SMILES string of the molecule is CCCC(C)OC(=O)CC.S. The highest BCUT2D eigenvalue weighted by atomic mass is 32.1. The Labute approximate surface area is 75.8 Å². The number of hydrogen-bond donors (Lipinski definition) is 0. The summed E-state index contributed by atoms with van der Waals surface area (Å²) in [6, 6.07) is 0. The maximum atomic E-state index is 10.7. The summed E-state index contributed by atoms with van der Waals surface area (Å²) < 4.78 is 5.00. The highest BCUT2D eigenvalue weighted by Gasteiger charge is 2.04. The maximum absolute atomic E-state index is 10.7. The average molecular weight is 178 g/mol. The van der Waals surface area contributed by atoms with Crippen molar-refractivity contribution in [2.45, 2.75) is 46.1 Å². The molecule has 0 aliphatic rings. The van der Waals surface area contributed by atoms with E-state index >= 15 is 0 Å². The van der Waals surface area contributed by atoms with Crippen molar-refractivity contribution in [3.05, 3.63) is 0 Å². The van der Waals surface area contributed by atoms with Gasteiger partial charge in [-0.1, -0.05) is 20.3 Å². The van der Waals surface area contributed by atoms with Crippen molar-refractivity contribution in [2.24, 2.45) is 0 Å². The van der Waals surface area contributed by atoms with Crippen molar-refractivity contribution in [3.63, 3.8) is 0 Å². The largest absolute Gasteiger partial charge is 0.463 e. The summed E-state index contributed by atoms with van der Waals surface area (Å²) in [4.78, 5) is 10.7. The lowest BCUT2D eigenvalue weighted by molar-refractivity contribution is -0.148. The second-order valence-corrected chi connectivity index (χ2v) is 2.44. The van der Waals surface area contributed by atoms with Gasteiger partial charge in [-0.05, 0) is 13.3 Å². The Hall–Kier alpha value is -0.180. The smallest absolute Gasteiger partial charge is 0.305 e. The molecule has 0 saturated heterocycles. The molecule has 0 aromatic rings. The number of carbonyl (C=O) groups is 1. The summed E-state index contributed by atoms with van der Waals surface area (Å²) in [5.74, 6) is -0.0963. The van der Waals surface area contributed by atoms with Crippen molar-refractivity contribution in [1.29, 1.82) is 0 Å². The van der Waals surface area contributed by atoms with Gasteiger partial charge in [0.25, 0.3) is 0 Å². The predicted molar refractivity (Wildman–Crippen MR) is 51.1 cm³/mol. The molecule has 0 rings (SSSR count). The fraction of sp³-hybridized carbons (Fsp3) is 0.875. The Morgan fingerprint density at radius 2 is 2.00 bits per heavy atom. The Bertz CT molecular complexity index is 104. The molecule has 0 aliphatic heterocycles. The maximum Gasteiger partial charge on any atom is 0.305 e. The topological polar surface area (TPSA) is 26.3 Å². The molecule has 3 heteroatoms. The Balaban J connectivity index is 0. The van der Waals surface area contributed by atoms with Crippen LogP contribution in [-0.4, -0.2) is 12.1 Å². The lowest BCUT2D eigenvalue weighted by Gasteiger charge is -2.10. The molecule has 0 aromatic carbocycles. The van der Waals surface area contributed by atoms with Crippen LogP contribution < -0.4 is 0 Å². The zero-order valence-corrected chi connectivity index (χ0v) is 8.52. The second kappa shape index (κ2) is 7.92. The van der Waals surface area contributed by atoms with E-state index in [1.807, 2.05) is 6.92 Å². The van der Waals surface area contributed by atoms with Gasteiger partial charge >= 0.3 is 5.97 Å². The zero-order valence-electron chi connectivity index (χ0n) is 7.52. The molecule has 0 heterocycles. The van der Waals surface area contributed by atoms with Crippen LogP contribution in [0.25, 0.3) is 0 Å². The van der Waals surface area contributed by atoms with Gasteiger partial charge in [-0.25, -0.2) is 0 Å². The fourth-order valence-corrected chi connectivity index (χ4v) is 0.773. The monoisotopic (exact) mass is 178 g/mol. The van der Waals surface area contributed by atoms with Crippen molar-refractivity contribution in [2.75, 3.05) is 0 Å². The summed E-state index contributed by atoms with van der Waals surface area (Å²) in [5.41, 5.74) is 0. The van der Waals surface area contributed by atoms with E-state index in [0.717, 1.165) is 12.8 Å². The number of hydrogen-bond acceptors (Lipinski definition) is 2. The molecule has 0 fully saturated rings. The lowest BCUT2D eigenvalue weighted by atomic mass is 10.2. The standard InChI is InChI=1S/C8H16O2.H2S/c1-4-6-7(3)10-8(9)5-2;/h7H,4-6H2,1-3H3;1H2. The number of carbonyl (C=O) groups excluding carboxylic acids is 1. The van der Waals surface area contributed by atoms with Gasteiger partial charge < -0.3 is 4.74 Å². The summed E-state index contributed by atoms with van der Waals surface area (Å²) in [6.07, 6.45) is 2.61. The van der Waals surface area contributed by atoms with Crippen LogP contribution in [-0.2, 0) is 9.53 Å². The first kappa shape index (κ1) is 13.4. The molecule has 0 bridgehead atoms. The molecule has 0 radical (unpaired) electrons. The van der Waals surface area contributed by atoms with Crippen molar-refractivity contribution < 1.29 is 9.53 Å². The van der Waals surface area contributed by atoms with Gasteiger partial charge in [0.1, 0.15) is 0 Å². The number of rotatable bonds is 4. The molecule has 0 spiro atoms. The van der Waals surface area contributed by atoms with Crippen LogP contribution >= 0.6 is 13.5 Å². The van der Waals surface area contributed by atoms with E-state index in [0.29, 0.717) is 6.42 Å². The van der Waals surface area contributed by atoms with Crippen molar-refractivity contribution >= 4 is 19.5 Å². The molecule has 11 heavy (non-hydrogen) atoms. The van der Waals surface area contributed by atoms with Crippen LogP contribution in [0.15, 0.2) is 0 Å². The van der Waals surface area contributed by atoms with E-state index in [1.54, 1.807) is 6.92 Å². The molecule has 0 aliphatic carbocycles. The highest BCUT2D eigenvalue weighted by molar-refractivity contribution is 7.59. The normalized spacial score (nSPS) is 11.5. The fourth-order valence-electron chi connectivity index (χ4n) is 0.773. The Morgan fingerprint density at radius 1 is 1.45 bits per heavy atom. The highest BCUT2D eigenvalue weighted by Crippen LogP contribution is 2.01. The van der Waals surface area contributed by atoms with E-state index < -0.39 is 0 Å². The van der Waals surface area contributed by atoms with Gasteiger partial charge in [0, 0.05) is 6.42 Å². The van der Waals surface area contributed by atoms with Crippen molar-refractivity contribution in [1.82, 2.24) is 0 Å². The third-order valence-electron chi connectivity index (χ3n) is 1.32. The summed E-state index contributed by atoms with van der Waals surface area (Å²) >= 11 is 0. The first-order valence-electron chi connectivity index (χ1n) is 3.90.